The monoisotopic (exact) mass is 356 g/mol. The van der Waals surface area contributed by atoms with Gasteiger partial charge in [0.15, 0.2) is 0 Å². The zero-order valence-electron chi connectivity index (χ0n) is 15.1. The van der Waals surface area contributed by atoms with Gasteiger partial charge in [-0.3, -0.25) is 24.9 Å². The van der Waals surface area contributed by atoms with E-state index in [1.54, 1.807) is 20.8 Å². The second-order valence-corrected chi connectivity index (χ2v) is 6.33. The minimum absolute atomic E-state index is 0.00652. The molecule has 0 spiro atoms. The van der Waals surface area contributed by atoms with E-state index in [4.69, 9.17) is 0 Å². The van der Waals surface area contributed by atoms with Crippen LogP contribution in [0.2, 0.25) is 0 Å². The first kappa shape index (κ1) is 17.6. The summed E-state index contributed by atoms with van der Waals surface area (Å²) in [7, 11) is 1.83. The summed E-state index contributed by atoms with van der Waals surface area (Å²) in [5.41, 5.74) is 2.50. The molecule has 0 fully saturated rings. The smallest absolute Gasteiger partial charge is 0.312 e. The highest BCUT2D eigenvalue weighted by atomic mass is 16.6. The van der Waals surface area contributed by atoms with Crippen LogP contribution in [-0.4, -0.2) is 30.2 Å². The Kier molecular flexibility index (Phi) is 4.45. The van der Waals surface area contributed by atoms with E-state index in [1.807, 2.05) is 35.9 Å². The Morgan fingerprint density at radius 1 is 1.35 bits per heavy atom. The van der Waals surface area contributed by atoms with Gasteiger partial charge < -0.3 is 4.57 Å². The van der Waals surface area contributed by atoms with E-state index in [2.05, 4.69) is 15.4 Å². The van der Waals surface area contributed by atoms with Gasteiger partial charge in [0.25, 0.3) is 0 Å². The summed E-state index contributed by atoms with van der Waals surface area (Å²) >= 11 is 0. The quantitative estimate of drug-likeness (QED) is 0.558. The Morgan fingerprint density at radius 2 is 2.04 bits per heavy atom. The van der Waals surface area contributed by atoms with Crippen molar-refractivity contribution in [3.05, 3.63) is 45.8 Å². The predicted molar refractivity (Wildman–Crippen MR) is 96.9 cm³/mol. The number of imidazole rings is 1. The normalized spacial score (nSPS) is 12.3. The van der Waals surface area contributed by atoms with Gasteiger partial charge in [0.2, 0.25) is 11.9 Å². The van der Waals surface area contributed by atoms with Gasteiger partial charge in [0, 0.05) is 7.05 Å². The third-order valence-electron chi connectivity index (χ3n) is 4.44. The SMILES string of the molecule is Cc1nn(CC(C)C(=O)Nc2nc3ccccc3n2C)c(C)c1[N+](=O)[O-]. The number of nitrogens with zero attached hydrogens (tertiary/aromatic N) is 5. The maximum absolute atomic E-state index is 12.5. The Bertz CT molecular complexity index is 1000. The number of hydrogen-bond acceptors (Lipinski definition) is 5. The first-order valence-corrected chi connectivity index (χ1v) is 8.20. The summed E-state index contributed by atoms with van der Waals surface area (Å²) in [5.74, 6) is -0.201. The highest BCUT2D eigenvalue weighted by Crippen LogP contribution is 2.23. The van der Waals surface area contributed by atoms with Crippen LogP contribution in [0, 0.1) is 29.9 Å². The predicted octanol–water partition coefficient (Wildman–Crippen LogP) is 2.57. The highest BCUT2D eigenvalue weighted by molar-refractivity contribution is 5.92. The summed E-state index contributed by atoms with van der Waals surface area (Å²) in [6.07, 6.45) is 0. The summed E-state index contributed by atoms with van der Waals surface area (Å²) in [6, 6.07) is 7.60. The second kappa shape index (κ2) is 6.58. The van der Waals surface area contributed by atoms with Crippen LogP contribution in [0.15, 0.2) is 24.3 Å². The molecule has 0 radical (unpaired) electrons. The molecule has 2 aromatic heterocycles. The summed E-state index contributed by atoms with van der Waals surface area (Å²) in [6.45, 7) is 5.22. The molecule has 1 unspecified atom stereocenters. The number of benzene rings is 1. The summed E-state index contributed by atoms with van der Waals surface area (Å²) in [5, 5.41) is 18.1. The number of fused-ring (bicyclic) bond motifs is 1. The molecule has 136 valence electrons. The van der Waals surface area contributed by atoms with Crippen molar-refractivity contribution in [1.29, 1.82) is 0 Å². The van der Waals surface area contributed by atoms with Crippen LogP contribution < -0.4 is 5.32 Å². The van der Waals surface area contributed by atoms with E-state index in [-0.39, 0.29) is 18.1 Å². The first-order valence-electron chi connectivity index (χ1n) is 8.20. The van der Waals surface area contributed by atoms with Crippen LogP contribution in [0.1, 0.15) is 18.3 Å². The fourth-order valence-electron chi connectivity index (χ4n) is 2.96. The fraction of sp³-hybridized carbons (Fsp3) is 0.353. The number of anilines is 1. The molecule has 1 atom stereocenters. The van der Waals surface area contributed by atoms with Crippen molar-refractivity contribution in [1.82, 2.24) is 19.3 Å². The van der Waals surface area contributed by atoms with Crippen LogP contribution in [0.3, 0.4) is 0 Å². The molecule has 0 saturated heterocycles. The van der Waals surface area contributed by atoms with Gasteiger partial charge in [-0.1, -0.05) is 19.1 Å². The topological polar surface area (TPSA) is 108 Å². The number of nitro groups is 1. The summed E-state index contributed by atoms with van der Waals surface area (Å²) in [4.78, 5) is 27.6. The van der Waals surface area contributed by atoms with Gasteiger partial charge in [0.1, 0.15) is 11.4 Å². The number of hydrogen-bond donors (Lipinski definition) is 1. The third-order valence-corrected chi connectivity index (χ3v) is 4.44. The van der Waals surface area contributed by atoms with Crippen molar-refractivity contribution < 1.29 is 9.72 Å². The van der Waals surface area contributed by atoms with Crippen molar-refractivity contribution in [3.63, 3.8) is 0 Å². The first-order chi connectivity index (χ1) is 12.3. The zero-order valence-corrected chi connectivity index (χ0v) is 15.1. The highest BCUT2D eigenvalue weighted by Gasteiger charge is 2.24. The lowest BCUT2D eigenvalue weighted by Gasteiger charge is -2.13. The van der Waals surface area contributed by atoms with Crippen LogP contribution in [0.25, 0.3) is 11.0 Å². The Labute approximate surface area is 149 Å². The van der Waals surface area contributed by atoms with Gasteiger partial charge in [-0.25, -0.2) is 4.98 Å². The van der Waals surface area contributed by atoms with Crippen LogP contribution in [0.5, 0.6) is 0 Å². The van der Waals surface area contributed by atoms with E-state index in [0.29, 0.717) is 17.3 Å². The van der Waals surface area contributed by atoms with Crippen molar-refractivity contribution in [2.24, 2.45) is 13.0 Å². The molecule has 0 aliphatic heterocycles. The number of para-hydroxylation sites is 2. The maximum atomic E-state index is 12.5. The fourth-order valence-corrected chi connectivity index (χ4v) is 2.96. The molecule has 0 aliphatic rings. The zero-order chi connectivity index (χ0) is 19.0. The number of carbonyl (C=O) groups excluding carboxylic acids is 1. The van der Waals surface area contributed by atoms with Crippen LogP contribution >= 0.6 is 0 Å². The number of amides is 1. The maximum Gasteiger partial charge on any atom is 0.312 e. The van der Waals surface area contributed by atoms with Crippen LogP contribution in [-0.2, 0) is 18.4 Å². The molecule has 2 heterocycles. The molecule has 0 bridgehead atoms. The molecular formula is C17H20N6O3. The summed E-state index contributed by atoms with van der Waals surface area (Å²) < 4.78 is 3.32. The van der Waals surface area contributed by atoms with E-state index < -0.39 is 10.8 Å². The lowest BCUT2D eigenvalue weighted by Crippen LogP contribution is -2.26. The lowest BCUT2D eigenvalue weighted by atomic mass is 10.1. The molecule has 3 rings (SSSR count). The Balaban J connectivity index is 1.77. The minimum Gasteiger partial charge on any atom is -0.313 e. The van der Waals surface area contributed by atoms with E-state index in [9.17, 15) is 14.9 Å². The third kappa shape index (κ3) is 3.03. The van der Waals surface area contributed by atoms with E-state index in [0.717, 1.165) is 11.0 Å². The molecule has 1 aromatic carbocycles. The molecule has 3 aromatic rings. The molecular weight excluding hydrogens is 336 g/mol. The van der Waals surface area contributed by atoms with Gasteiger partial charge in [-0.05, 0) is 26.0 Å². The van der Waals surface area contributed by atoms with Crippen molar-refractivity contribution in [2.45, 2.75) is 27.3 Å². The van der Waals surface area contributed by atoms with E-state index >= 15 is 0 Å². The number of carbonyl (C=O) groups is 1. The Hall–Kier alpha value is -3.23. The van der Waals surface area contributed by atoms with Gasteiger partial charge in [0.05, 0.1) is 28.4 Å². The van der Waals surface area contributed by atoms with Crippen molar-refractivity contribution in [3.8, 4) is 0 Å². The lowest BCUT2D eigenvalue weighted by molar-refractivity contribution is -0.386. The van der Waals surface area contributed by atoms with Crippen molar-refractivity contribution in [2.75, 3.05) is 5.32 Å². The average Bonchev–Trinajstić information content (AvgIpc) is 3.04. The van der Waals surface area contributed by atoms with E-state index in [1.165, 1.54) is 4.68 Å². The Morgan fingerprint density at radius 3 is 2.65 bits per heavy atom. The van der Waals surface area contributed by atoms with Crippen molar-refractivity contribution >= 4 is 28.6 Å². The van der Waals surface area contributed by atoms with Gasteiger partial charge >= 0.3 is 5.69 Å². The number of aryl methyl sites for hydroxylation is 2. The molecule has 0 aliphatic carbocycles. The average molecular weight is 356 g/mol. The number of nitrogens with one attached hydrogen (secondary N) is 1. The van der Waals surface area contributed by atoms with Gasteiger partial charge in [-0.15, -0.1) is 0 Å². The minimum atomic E-state index is -0.446. The number of rotatable bonds is 5. The molecule has 9 nitrogen and oxygen atoms in total. The number of aromatic nitrogens is 4. The standard InChI is InChI=1S/C17H20N6O3/c1-10(9-22-12(3)15(23(25)26)11(2)20-22)16(24)19-17-18-13-7-5-6-8-14(13)21(17)4/h5-8,10H,9H2,1-4H3,(H,18,19,24). The second-order valence-electron chi connectivity index (χ2n) is 6.33. The van der Waals surface area contributed by atoms with Crippen LogP contribution in [0.4, 0.5) is 11.6 Å². The molecule has 26 heavy (non-hydrogen) atoms. The molecule has 1 amide bonds. The largest absolute Gasteiger partial charge is 0.313 e. The molecule has 1 N–H and O–H groups in total. The van der Waals surface area contributed by atoms with Gasteiger partial charge in [-0.2, -0.15) is 5.10 Å². The molecule has 0 saturated carbocycles. The molecule has 9 heteroatoms.